The molecular weight excluding hydrogens is 512 g/mol. The molecule has 0 radical (unpaired) electrons. The van der Waals surface area contributed by atoms with E-state index in [1.165, 1.54) is 13.4 Å². The van der Waals surface area contributed by atoms with Crippen LogP contribution in [-0.4, -0.2) is 56.7 Å². The molecule has 1 atom stereocenters. The van der Waals surface area contributed by atoms with Crippen LogP contribution >= 0.6 is 11.3 Å². The van der Waals surface area contributed by atoms with Crippen LogP contribution in [0.3, 0.4) is 0 Å². The van der Waals surface area contributed by atoms with Crippen molar-refractivity contribution in [1.82, 2.24) is 24.5 Å². The van der Waals surface area contributed by atoms with E-state index in [9.17, 15) is 17.6 Å². The van der Waals surface area contributed by atoms with Crippen molar-refractivity contribution in [3.05, 3.63) is 41.3 Å². The summed E-state index contributed by atoms with van der Waals surface area (Å²) in [7, 11) is 1.25. The molecule has 0 bridgehead atoms. The molecule has 37 heavy (non-hydrogen) atoms. The summed E-state index contributed by atoms with van der Waals surface area (Å²) in [6.07, 6.45) is 0.902. The number of nitrogen functional groups attached to an aromatic ring is 1. The number of hydrogen-bond donors (Lipinski definition) is 2. The lowest BCUT2D eigenvalue weighted by molar-refractivity contribution is 0.0983. The van der Waals surface area contributed by atoms with Crippen LogP contribution in [0.15, 0.2) is 24.8 Å². The third-order valence-corrected chi connectivity index (χ3v) is 7.42. The number of rotatable bonds is 7. The van der Waals surface area contributed by atoms with Crippen molar-refractivity contribution in [3.63, 3.8) is 0 Å². The monoisotopic (exact) mass is 536 g/mol. The van der Waals surface area contributed by atoms with E-state index in [-0.39, 0.29) is 35.2 Å². The Morgan fingerprint density at radius 1 is 1.19 bits per heavy atom. The highest BCUT2D eigenvalue weighted by Gasteiger charge is 2.36. The molecule has 1 saturated heterocycles. The Balaban J connectivity index is 1.58. The molecule has 0 unspecified atom stereocenters. The van der Waals surface area contributed by atoms with E-state index < -0.39 is 30.0 Å². The minimum absolute atomic E-state index is 0.0403. The standard InChI is InChI=1S/C23H24F4N8OS/c1-36-15-6-13(24)12(5-14(15)25)22-33-20(34-4-2-3-23(29,9-34)7-17(26)27)16(37-22)8-35-11-32-18-19(28)30-10-31-21(18)35/h5-6,10-11,17H,2-4,7-9,29H2,1H3,(H2,28,30,31)/t23-/m0/s1. The second-order valence-electron chi connectivity index (χ2n) is 9.02. The maximum absolute atomic E-state index is 14.9. The van der Waals surface area contributed by atoms with Crippen LogP contribution in [0.1, 0.15) is 24.1 Å². The van der Waals surface area contributed by atoms with E-state index in [1.54, 1.807) is 10.9 Å². The van der Waals surface area contributed by atoms with Gasteiger partial charge in [0.25, 0.3) is 0 Å². The molecule has 0 saturated carbocycles. The van der Waals surface area contributed by atoms with Crippen molar-refractivity contribution in [3.8, 4) is 16.3 Å². The van der Waals surface area contributed by atoms with Gasteiger partial charge in [0.2, 0.25) is 6.43 Å². The average Bonchev–Trinajstić information content (AvgIpc) is 3.45. The third-order valence-electron chi connectivity index (χ3n) is 6.36. The zero-order valence-electron chi connectivity index (χ0n) is 19.8. The van der Waals surface area contributed by atoms with Crippen LogP contribution < -0.4 is 21.1 Å². The number of ether oxygens (including phenoxy) is 1. The van der Waals surface area contributed by atoms with Gasteiger partial charge in [-0.05, 0) is 18.9 Å². The molecule has 196 valence electrons. The molecule has 4 aromatic rings. The number of piperidine rings is 1. The Hall–Kier alpha value is -3.52. The van der Waals surface area contributed by atoms with E-state index in [0.29, 0.717) is 41.2 Å². The van der Waals surface area contributed by atoms with Gasteiger partial charge in [0, 0.05) is 36.7 Å². The number of alkyl halides is 2. The zero-order chi connectivity index (χ0) is 26.3. The molecule has 4 N–H and O–H groups in total. The lowest BCUT2D eigenvalue weighted by Gasteiger charge is -2.40. The quantitative estimate of drug-likeness (QED) is 0.342. The van der Waals surface area contributed by atoms with Gasteiger partial charge in [0.05, 0.1) is 24.9 Å². The van der Waals surface area contributed by atoms with Crippen LogP contribution in [0.4, 0.5) is 29.2 Å². The Bertz CT molecular complexity index is 1440. The van der Waals surface area contributed by atoms with Crippen molar-refractivity contribution in [2.24, 2.45) is 5.73 Å². The summed E-state index contributed by atoms with van der Waals surface area (Å²) in [5.74, 6) is -0.982. The first-order valence-corrected chi connectivity index (χ1v) is 12.3. The topological polar surface area (TPSA) is 121 Å². The highest BCUT2D eigenvalue weighted by atomic mass is 32.1. The molecule has 1 aliphatic rings. The third kappa shape index (κ3) is 4.90. The van der Waals surface area contributed by atoms with Gasteiger partial charge in [-0.1, -0.05) is 0 Å². The molecular formula is C23H24F4N8OS. The number of nitrogens with zero attached hydrogens (tertiary/aromatic N) is 6. The van der Waals surface area contributed by atoms with Crippen molar-refractivity contribution < 1.29 is 22.3 Å². The van der Waals surface area contributed by atoms with Crippen LogP contribution in [0.2, 0.25) is 0 Å². The Kier molecular flexibility index (Phi) is 6.62. The minimum atomic E-state index is -2.55. The van der Waals surface area contributed by atoms with Crippen molar-refractivity contribution in [2.45, 2.75) is 37.8 Å². The van der Waals surface area contributed by atoms with Gasteiger partial charge in [-0.2, -0.15) is 0 Å². The van der Waals surface area contributed by atoms with Crippen molar-refractivity contribution >= 4 is 34.1 Å². The second kappa shape index (κ2) is 9.74. The number of hydrogen-bond acceptors (Lipinski definition) is 9. The predicted molar refractivity (Wildman–Crippen MR) is 132 cm³/mol. The SMILES string of the molecule is COc1cc(F)c(-c2nc(N3CCC[C@](N)(CC(F)F)C3)c(Cn3cnc4c(N)ncnc43)s2)cc1F. The number of thiazole rings is 1. The van der Waals surface area contributed by atoms with Gasteiger partial charge in [-0.15, -0.1) is 11.3 Å². The molecule has 9 nitrogen and oxygen atoms in total. The van der Waals surface area contributed by atoms with E-state index in [2.05, 4.69) is 19.9 Å². The number of nitrogens with two attached hydrogens (primary N) is 2. The van der Waals surface area contributed by atoms with Gasteiger partial charge >= 0.3 is 0 Å². The van der Waals surface area contributed by atoms with E-state index in [0.717, 1.165) is 23.5 Å². The molecule has 0 aliphatic carbocycles. The molecule has 0 amide bonds. The molecule has 1 aliphatic heterocycles. The summed E-state index contributed by atoms with van der Waals surface area (Å²) in [5.41, 5.74) is 12.0. The minimum Gasteiger partial charge on any atom is -0.494 e. The van der Waals surface area contributed by atoms with Crippen molar-refractivity contribution in [2.75, 3.05) is 30.8 Å². The normalized spacial score (nSPS) is 18.2. The average molecular weight is 537 g/mol. The van der Waals surface area contributed by atoms with Crippen LogP contribution in [0, 0.1) is 11.6 Å². The summed E-state index contributed by atoms with van der Waals surface area (Å²) < 4.78 is 62.5. The fourth-order valence-corrected chi connectivity index (χ4v) is 5.74. The lowest BCUT2D eigenvalue weighted by atomic mass is 9.87. The van der Waals surface area contributed by atoms with E-state index in [4.69, 9.17) is 16.2 Å². The highest BCUT2D eigenvalue weighted by molar-refractivity contribution is 7.15. The highest BCUT2D eigenvalue weighted by Crippen LogP contribution is 2.39. The first kappa shape index (κ1) is 25.1. The van der Waals surface area contributed by atoms with E-state index in [1.807, 2.05) is 4.90 Å². The summed E-state index contributed by atoms with van der Waals surface area (Å²) in [6.45, 7) is 0.896. The molecule has 1 aromatic carbocycles. The largest absolute Gasteiger partial charge is 0.494 e. The summed E-state index contributed by atoms with van der Waals surface area (Å²) in [5, 5.41) is 0.227. The van der Waals surface area contributed by atoms with Gasteiger partial charge in [-0.25, -0.2) is 37.5 Å². The first-order chi connectivity index (χ1) is 17.7. The molecule has 5 rings (SSSR count). The Labute approximate surface area is 213 Å². The second-order valence-corrected chi connectivity index (χ2v) is 10.1. The van der Waals surface area contributed by atoms with Crippen LogP contribution in [-0.2, 0) is 6.54 Å². The van der Waals surface area contributed by atoms with Crippen LogP contribution in [0.5, 0.6) is 5.75 Å². The number of imidazole rings is 1. The smallest absolute Gasteiger partial charge is 0.240 e. The number of fused-ring (bicyclic) bond motifs is 1. The number of anilines is 2. The summed E-state index contributed by atoms with van der Waals surface area (Å²) >= 11 is 1.16. The molecule has 14 heteroatoms. The molecule has 1 fully saturated rings. The van der Waals surface area contributed by atoms with E-state index >= 15 is 0 Å². The van der Waals surface area contributed by atoms with Gasteiger partial charge in [0.1, 0.15) is 28.5 Å². The number of methoxy groups -OCH3 is 1. The zero-order valence-corrected chi connectivity index (χ0v) is 20.6. The van der Waals surface area contributed by atoms with Gasteiger partial charge < -0.3 is 25.7 Å². The molecule has 3 aromatic heterocycles. The number of halogens is 4. The Morgan fingerprint density at radius 2 is 2.00 bits per heavy atom. The Morgan fingerprint density at radius 3 is 2.76 bits per heavy atom. The van der Waals surface area contributed by atoms with Gasteiger partial charge in [0.15, 0.2) is 23.0 Å². The molecule has 0 spiro atoms. The summed E-state index contributed by atoms with van der Waals surface area (Å²) in [6, 6.07) is 1.99. The first-order valence-electron chi connectivity index (χ1n) is 11.4. The summed E-state index contributed by atoms with van der Waals surface area (Å²) in [4.78, 5) is 19.6. The maximum Gasteiger partial charge on any atom is 0.240 e. The maximum atomic E-state index is 14.9. The fourth-order valence-electron chi connectivity index (χ4n) is 4.64. The number of aromatic nitrogens is 5. The number of benzene rings is 1. The fraction of sp³-hybridized carbons (Fsp3) is 0.391. The lowest BCUT2D eigenvalue weighted by Crippen LogP contribution is -2.55. The molecule has 4 heterocycles. The van der Waals surface area contributed by atoms with Gasteiger partial charge in [-0.3, -0.25) is 0 Å². The predicted octanol–water partition coefficient (Wildman–Crippen LogP) is 3.82. The van der Waals surface area contributed by atoms with Crippen LogP contribution in [0.25, 0.3) is 21.7 Å². The van der Waals surface area contributed by atoms with Crippen molar-refractivity contribution in [1.29, 1.82) is 0 Å².